The summed E-state index contributed by atoms with van der Waals surface area (Å²) < 4.78 is 13.8. The molecule has 19 heavy (non-hydrogen) atoms. The normalized spacial score (nSPS) is 11.4. The molecule has 0 aliphatic carbocycles. The van der Waals surface area contributed by atoms with Crippen LogP contribution in [0.5, 0.6) is 0 Å². The molecule has 1 aromatic carbocycles. The number of aromatic nitrogens is 1. The Morgan fingerprint density at radius 1 is 1.21 bits per heavy atom. The highest BCUT2D eigenvalue weighted by Gasteiger charge is 2.18. The van der Waals surface area contributed by atoms with Crippen molar-refractivity contribution in [1.82, 2.24) is 4.98 Å². The predicted octanol–water partition coefficient (Wildman–Crippen LogP) is 4.92. The van der Waals surface area contributed by atoms with E-state index < -0.39 is 5.82 Å². The van der Waals surface area contributed by atoms with Gasteiger partial charge >= 0.3 is 0 Å². The second-order valence-corrected chi connectivity index (χ2v) is 5.84. The summed E-state index contributed by atoms with van der Waals surface area (Å²) in [6.45, 7) is 6.33. The van der Waals surface area contributed by atoms with Crippen molar-refractivity contribution in [2.24, 2.45) is 0 Å². The summed E-state index contributed by atoms with van der Waals surface area (Å²) in [5.74, 6) is -0.280. The van der Waals surface area contributed by atoms with Crippen LogP contribution in [-0.4, -0.2) is 4.98 Å². The minimum atomic E-state index is -0.462. The predicted molar refractivity (Wildman–Crippen MR) is 77.6 cm³/mol. The number of nitrogens with one attached hydrogen (secondary N) is 1. The molecule has 0 saturated heterocycles. The highest BCUT2D eigenvalue weighted by molar-refractivity contribution is 6.30. The van der Waals surface area contributed by atoms with Crippen molar-refractivity contribution in [2.75, 3.05) is 5.32 Å². The van der Waals surface area contributed by atoms with Crippen LogP contribution in [-0.2, 0) is 5.41 Å². The fraction of sp³-hybridized carbons (Fsp3) is 0.267. The number of hydrogen-bond donors (Lipinski definition) is 1. The van der Waals surface area contributed by atoms with Crippen molar-refractivity contribution < 1.29 is 4.39 Å². The summed E-state index contributed by atoms with van der Waals surface area (Å²) >= 11 is 5.69. The van der Waals surface area contributed by atoms with Crippen LogP contribution < -0.4 is 5.32 Å². The number of para-hydroxylation sites is 1. The maximum Gasteiger partial charge on any atom is 0.167 e. The van der Waals surface area contributed by atoms with Crippen molar-refractivity contribution >= 4 is 23.1 Å². The maximum atomic E-state index is 13.8. The monoisotopic (exact) mass is 278 g/mol. The summed E-state index contributed by atoms with van der Waals surface area (Å²) in [6, 6.07) is 9.06. The standard InChI is InChI=1S/C15H16ClFN2/c1-15(2,3)11-6-4-5-7-13(11)19-14-12(17)8-10(16)9-18-14/h4-9H,1-3H3,(H,18,19). The van der Waals surface area contributed by atoms with E-state index in [-0.39, 0.29) is 16.3 Å². The second kappa shape index (κ2) is 5.17. The number of anilines is 2. The third kappa shape index (κ3) is 3.24. The number of hydrogen-bond acceptors (Lipinski definition) is 2. The van der Waals surface area contributed by atoms with Crippen molar-refractivity contribution in [3.05, 3.63) is 52.9 Å². The topological polar surface area (TPSA) is 24.9 Å². The van der Waals surface area contributed by atoms with Crippen LogP contribution in [0, 0.1) is 5.82 Å². The molecule has 1 aromatic heterocycles. The molecule has 1 heterocycles. The number of benzene rings is 1. The van der Waals surface area contributed by atoms with Gasteiger partial charge in [-0.25, -0.2) is 9.37 Å². The van der Waals surface area contributed by atoms with Gasteiger partial charge in [0.05, 0.1) is 5.02 Å². The van der Waals surface area contributed by atoms with Crippen LogP contribution in [0.15, 0.2) is 36.5 Å². The van der Waals surface area contributed by atoms with E-state index in [1.54, 1.807) is 0 Å². The SMILES string of the molecule is CC(C)(C)c1ccccc1Nc1ncc(Cl)cc1F. The molecule has 0 radical (unpaired) electrons. The highest BCUT2D eigenvalue weighted by Crippen LogP contribution is 2.31. The van der Waals surface area contributed by atoms with Gasteiger partial charge in [0, 0.05) is 11.9 Å². The zero-order valence-corrected chi connectivity index (χ0v) is 11.9. The molecule has 0 aliphatic rings. The van der Waals surface area contributed by atoms with E-state index in [1.807, 2.05) is 24.3 Å². The molecular weight excluding hydrogens is 263 g/mol. The van der Waals surface area contributed by atoms with E-state index in [2.05, 4.69) is 31.1 Å². The lowest BCUT2D eigenvalue weighted by atomic mass is 9.86. The van der Waals surface area contributed by atoms with E-state index >= 15 is 0 Å². The van der Waals surface area contributed by atoms with Gasteiger partial charge in [-0.1, -0.05) is 50.6 Å². The van der Waals surface area contributed by atoms with E-state index in [0.29, 0.717) is 0 Å². The van der Waals surface area contributed by atoms with Crippen molar-refractivity contribution in [3.63, 3.8) is 0 Å². The molecule has 0 aliphatic heterocycles. The van der Waals surface area contributed by atoms with Gasteiger partial charge in [-0.15, -0.1) is 0 Å². The molecule has 0 saturated carbocycles. The minimum absolute atomic E-state index is 0.0352. The van der Waals surface area contributed by atoms with Crippen LogP contribution in [0.25, 0.3) is 0 Å². The molecular formula is C15H16ClFN2. The Labute approximate surface area is 117 Å². The van der Waals surface area contributed by atoms with Gasteiger partial charge in [0.2, 0.25) is 0 Å². The maximum absolute atomic E-state index is 13.8. The first-order valence-corrected chi connectivity index (χ1v) is 6.43. The lowest BCUT2D eigenvalue weighted by Crippen LogP contribution is -2.14. The number of pyridine rings is 1. The summed E-state index contributed by atoms with van der Waals surface area (Å²) in [4.78, 5) is 3.98. The zero-order chi connectivity index (χ0) is 14.0. The number of halogens is 2. The molecule has 0 fully saturated rings. The average Bonchev–Trinajstić information content (AvgIpc) is 2.32. The van der Waals surface area contributed by atoms with Gasteiger partial charge in [0.15, 0.2) is 11.6 Å². The Morgan fingerprint density at radius 2 is 1.89 bits per heavy atom. The van der Waals surface area contributed by atoms with Crippen LogP contribution in [0.3, 0.4) is 0 Å². The van der Waals surface area contributed by atoms with E-state index in [4.69, 9.17) is 11.6 Å². The van der Waals surface area contributed by atoms with E-state index in [0.717, 1.165) is 11.3 Å². The first-order valence-electron chi connectivity index (χ1n) is 6.05. The van der Waals surface area contributed by atoms with Crippen LogP contribution >= 0.6 is 11.6 Å². The Hall–Kier alpha value is -1.61. The quantitative estimate of drug-likeness (QED) is 0.844. The molecule has 100 valence electrons. The Morgan fingerprint density at radius 3 is 2.53 bits per heavy atom. The average molecular weight is 279 g/mol. The highest BCUT2D eigenvalue weighted by atomic mass is 35.5. The summed E-state index contributed by atoms with van der Waals surface area (Å²) in [6.07, 6.45) is 1.42. The summed E-state index contributed by atoms with van der Waals surface area (Å²) in [5, 5.41) is 3.31. The fourth-order valence-corrected chi connectivity index (χ4v) is 2.02. The third-order valence-electron chi connectivity index (χ3n) is 2.80. The van der Waals surface area contributed by atoms with Crippen LogP contribution in [0.4, 0.5) is 15.9 Å². The first-order chi connectivity index (χ1) is 8.88. The summed E-state index contributed by atoms with van der Waals surface area (Å²) in [5.41, 5.74) is 1.92. The lowest BCUT2D eigenvalue weighted by molar-refractivity contribution is 0.591. The molecule has 0 atom stereocenters. The van der Waals surface area contributed by atoms with E-state index in [9.17, 15) is 4.39 Å². The van der Waals surface area contributed by atoms with Crippen LogP contribution in [0.1, 0.15) is 26.3 Å². The molecule has 0 spiro atoms. The molecule has 4 heteroatoms. The van der Waals surface area contributed by atoms with Gasteiger partial charge < -0.3 is 5.32 Å². The van der Waals surface area contributed by atoms with Gasteiger partial charge in [0.1, 0.15) is 0 Å². The van der Waals surface area contributed by atoms with Gasteiger partial charge in [0.25, 0.3) is 0 Å². The van der Waals surface area contributed by atoms with Crippen molar-refractivity contribution in [3.8, 4) is 0 Å². The Balaban J connectivity index is 2.39. The molecule has 0 amide bonds. The smallest absolute Gasteiger partial charge is 0.167 e. The fourth-order valence-electron chi connectivity index (χ4n) is 1.88. The minimum Gasteiger partial charge on any atom is -0.338 e. The second-order valence-electron chi connectivity index (χ2n) is 5.40. The van der Waals surface area contributed by atoms with Gasteiger partial charge in [-0.2, -0.15) is 0 Å². The Bertz CT molecular complexity index is 591. The lowest BCUT2D eigenvalue weighted by Gasteiger charge is -2.23. The molecule has 2 aromatic rings. The third-order valence-corrected chi connectivity index (χ3v) is 3.00. The van der Waals surface area contributed by atoms with E-state index in [1.165, 1.54) is 12.3 Å². The van der Waals surface area contributed by atoms with Crippen LogP contribution in [0.2, 0.25) is 5.02 Å². The largest absolute Gasteiger partial charge is 0.338 e. The first kappa shape index (κ1) is 13.8. The van der Waals surface area contributed by atoms with Gasteiger partial charge in [-0.05, 0) is 23.1 Å². The Kier molecular flexibility index (Phi) is 3.76. The van der Waals surface area contributed by atoms with Crippen molar-refractivity contribution in [1.29, 1.82) is 0 Å². The molecule has 2 nitrogen and oxygen atoms in total. The zero-order valence-electron chi connectivity index (χ0n) is 11.2. The van der Waals surface area contributed by atoms with Crippen molar-refractivity contribution in [2.45, 2.75) is 26.2 Å². The molecule has 2 rings (SSSR count). The number of nitrogens with zero attached hydrogens (tertiary/aromatic N) is 1. The van der Waals surface area contributed by atoms with Gasteiger partial charge in [-0.3, -0.25) is 0 Å². The number of rotatable bonds is 2. The molecule has 1 N–H and O–H groups in total. The molecule has 0 unspecified atom stereocenters. The molecule has 0 bridgehead atoms. The summed E-state index contributed by atoms with van der Waals surface area (Å²) in [7, 11) is 0.